The zero-order chi connectivity index (χ0) is 14.7. The fourth-order valence-corrected chi connectivity index (χ4v) is 2.17. The SMILES string of the molecule is Cc1ccc(NC(=O)C(=O)Nc2nc(C)cs2)c(O)c1. The van der Waals surface area contributed by atoms with Gasteiger partial charge in [-0.3, -0.25) is 14.9 Å². The molecular formula is C13H13N3O3S. The number of aryl methyl sites for hydroxylation is 2. The van der Waals surface area contributed by atoms with Gasteiger partial charge in [0.1, 0.15) is 5.75 Å². The normalized spacial score (nSPS) is 10.1. The molecule has 6 nitrogen and oxygen atoms in total. The van der Waals surface area contributed by atoms with Crippen LogP contribution in [-0.2, 0) is 9.59 Å². The van der Waals surface area contributed by atoms with Crippen LogP contribution in [0.15, 0.2) is 23.6 Å². The molecule has 0 spiro atoms. The van der Waals surface area contributed by atoms with Crippen molar-refractivity contribution in [1.82, 2.24) is 4.98 Å². The van der Waals surface area contributed by atoms with Gasteiger partial charge in [-0.1, -0.05) is 6.07 Å². The van der Waals surface area contributed by atoms with E-state index in [9.17, 15) is 14.7 Å². The maximum atomic E-state index is 11.7. The van der Waals surface area contributed by atoms with Crippen molar-refractivity contribution in [2.24, 2.45) is 0 Å². The van der Waals surface area contributed by atoms with Crippen LogP contribution >= 0.6 is 11.3 Å². The Morgan fingerprint density at radius 3 is 2.50 bits per heavy atom. The molecule has 0 aliphatic carbocycles. The van der Waals surface area contributed by atoms with Crippen LogP contribution in [-0.4, -0.2) is 21.9 Å². The van der Waals surface area contributed by atoms with Crippen molar-refractivity contribution in [3.05, 3.63) is 34.8 Å². The summed E-state index contributed by atoms with van der Waals surface area (Å²) in [4.78, 5) is 27.4. The van der Waals surface area contributed by atoms with Crippen molar-refractivity contribution in [2.75, 3.05) is 10.6 Å². The van der Waals surface area contributed by atoms with E-state index in [1.807, 2.05) is 6.92 Å². The minimum atomic E-state index is -0.864. The van der Waals surface area contributed by atoms with Crippen LogP contribution in [0.2, 0.25) is 0 Å². The standard InChI is InChI=1S/C13H13N3O3S/c1-7-3-4-9(10(17)5-7)15-11(18)12(19)16-13-14-8(2)6-20-13/h3-6,17H,1-2H3,(H,15,18)(H,14,16,19). The van der Waals surface area contributed by atoms with Gasteiger partial charge >= 0.3 is 11.8 Å². The lowest BCUT2D eigenvalue weighted by Gasteiger charge is -2.07. The second kappa shape index (κ2) is 5.70. The predicted molar refractivity (Wildman–Crippen MR) is 77.0 cm³/mol. The van der Waals surface area contributed by atoms with E-state index in [0.717, 1.165) is 11.3 Å². The van der Waals surface area contributed by atoms with Gasteiger partial charge in [0.25, 0.3) is 0 Å². The lowest BCUT2D eigenvalue weighted by Crippen LogP contribution is -2.29. The van der Waals surface area contributed by atoms with E-state index in [1.165, 1.54) is 23.5 Å². The number of nitrogens with one attached hydrogen (secondary N) is 2. The van der Waals surface area contributed by atoms with Crippen LogP contribution in [0.1, 0.15) is 11.3 Å². The van der Waals surface area contributed by atoms with Gasteiger partial charge in [0.15, 0.2) is 5.13 Å². The summed E-state index contributed by atoms with van der Waals surface area (Å²) in [6.45, 7) is 3.60. The third kappa shape index (κ3) is 3.33. The Hall–Kier alpha value is -2.41. The van der Waals surface area contributed by atoms with E-state index in [4.69, 9.17) is 0 Å². The highest BCUT2D eigenvalue weighted by atomic mass is 32.1. The number of carbonyl (C=O) groups excluding carboxylic acids is 2. The van der Waals surface area contributed by atoms with Gasteiger partial charge in [-0.25, -0.2) is 4.98 Å². The monoisotopic (exact) mass is 291 g/mol. The number of amides is 2. The molecule has 0 aliphatic heterocycles. The third-order valence-corrected chi connectivity index (χ3v) is 3.32. The highest BCUT2D eigenvalue weighted by molar-refractivity contribution is 7.14. The number of hydrogen-bond acceptors (Lipinski definition) is 5. The Labute approximate surface area is 119 Å². The van der Waals surface area contributed by atoms with Crippen LogP contribution < -0.4 is 10.6 Å². The fourth-order valence-electron chi connectivity index (χ4n) is 1.49. The molecule has 20 heavy (non-hydrogen) atoms. The van der Waals surface area contributed by atoms with E-state index >= 15 is 0 Å². The van der Waals surface area contributed by atoms with Gasteiger partial charge in [-0.05, 0) is 31.5 Å². The molecule has 0 bridgehead atoms. The molecule has 2 amide bonds. The maximum Gasteiger partial charge on any atom is 0.315 e. The van der Waals surface area contributed by atoms with Gasteiger partial charge in [-0.15, -0.1) is 11.3 Å². The van der Waals surface area contributed by atoms with Crippen molar-refractivity contribution in [2.45, 2.75) is 13.8 Å². The first-order valence-corrected chi connectivity index (χ1v) is 6.68. The Balaban J connectivity index is 2.02. The Kier molecular flexibility index (Phi) is 3.99. The fraction of sp³-hybridized carbons (Fsp3) is 0.154. The lowest BCUT2D eigenvalue weighted by atomic mass is 10.2. The number of benzene rings is 1. The van der Waals surface area contributed by atoms with E-state index in [2.05, 4.69) is 15.6 Å². The van der Waals surface area contributed by atoms with Crippen molar-refractivity contribution in [3.63, 3.8) is 0 Å². The Bertz CT molecular complexity index is 667. The number of rotatable bonds is 2. The molecule has 3 N–H and O–H groups in total. The first kappa shape index (κ1) is 14.0. The van der Waals surface area contributed by atoms with Crippen molar-refractivity contribution in [1.29, 1.82) is 0 Å². The first-order valence-electron chi connectivity index (χ1n) is 5.80. The average Bonchev–Trinajstić information content (AvgIpc) is 2.78. The molecule has 1 heterocycles. The molecule has 0 aliphatic rings. The number of aromatic nitrogens is 1. The number of nitrogens with zero attached hydrogens (tertiary/aromatic N) is 1. The summed E-state index contributed by atoms with van der Waals surface area (Å²) in [7, 11) is 0. The molecule has 7 heteroatoms. The topological polar surface area (TPSA) is 91.3 Å². The first-order chi connectivity index (χ1) is 9.45. The van der Waals surface area contributed by atoms with E-state index in [0.29, 0.717) is 5.13 Å². The molecule has 0 atom stereocenters. The maximum absolute atomic E-state index is 11.7. The molecule has 1 aromatic heterocycles. The van der Waals surface area contributed by atoms with Gasteiger partial charge < -0.3 is 10.4 Å². The number of hydrogen-bond donors (Lipinski definition) is 3. The molecule has 0 saturated carbocycles. The molecule has 0 unspecified atom stereocenters. The largest absolute Gasteiger partial charge is 0.506 e. The third-order valence-electron chi connectivity index (χ3n) is 2.45. The summed E-state index contributed by atoms with van der Waals surface area (Å²) in [6, 6.07) is 4.75. The zero-order valence-electron chi connectivity index (χ0n) is 10.9. The molecule has 104 valence electrons. The second-order valence-corrected chi connectivity index (χ2v) is 5.08. The molecule has 0 saturated heterocycles. The summed E-state index contributed by atoms with van der Waals surface area (Å²) in [5.74, 6) is -1.78. The van der Waals surface area contributed by atoms with Crippen LogP contribution in [0.25, 0.3) is 0 Å². The minimum absolute atomic E-state index is 0.0868. The Morgan fingerprint density at radius 1 is 1.20 bits per heavy atom. The summed E-state index contributed by atoms with van der Waals surface area (Å²) >= 11 is 1.23. The smallest absolute Gasteiger partial charge is 0.315 e. The summed E-state index contributed by atoms with van der Waals surface area (Å²) in [5.41, 5.74) is 1.80. The number of carbonyl (C=O) groups is 2. The number of phenols is 1. The number of thiazole rings is 1. The number of phenolic OH excluding ortho intramolecular Hbond substituents is 1. The van der Waals surface area contributed by atoms with Crippen LogP contribution in [0.3, 0.4) is 0 Å². The molecular weight excluding hydrogens is 278 g/mol. The van der Waals surface area contributed by atoms with Gasteiger partial charge in [0, 0.05) is 5.38 Å². The van der Waals surface area contributed by atoms with E-state index < -0.39 is 11.8 Å². The molecule has 0 radical (unpaired) electrons. The van der Waals surface area contributed by atoms with Crippen LogP contribution in [0, 0.1) is 13.8 Å². The van der Waals surface area contributed by atoms with Gasteiger partial charge in [-0.2, -0.15) is 0 Å². The molecule has 0 fully saturated rings. The van der Waals surface area contributed by atoms with Gasteiger partial charge in [0.2, 0.25) is 0 Å². The molecule has 2 aromatic rings. The number of aromatic hydroxyl groups is 1. The van der Waals surface area contributed by atoms with Crippen LogP contribution in [0.4, 0.5) is 10.8 Å². The summed E-state index contributed by atoms with van der Waals surface area (Å²) in [6.07, 6.45) is 0. The summed E-state index contributed by atoms with van der Waals surface area (Å²) < 4.78 is 0. The quantitative estimate of drug-likeness (QED) is 0.583. The number of anilines is 2. The van der Waals surface area contributed by atoms with Crippen LogP contribution in [0.5, 0.6) is 5.75 Å². The van der Waals surface area contributed by atoms with E-state index in [-0.39, 0.29) is 11.4 Å². The van der Waals surface area contributed by atoms with Crippen molar-refractivity contribution in [3.8, 4) is 5.75 Å². The van der Waals surface area contributed by atoms with Crippen molar-refractivity contribution < 1.29 is 14.7 Å². The lowest BCUT2D eigenvalue weighted by molar-refractivity contribution is -0.133. The highest BCUT2D eigenvalue weighted by Gasteiger charge is 2.16. The minimum Gasteiger partial charge on any atom is -0.506 e. The van der Waals surface area contributed by atoms with Crippen molar-refractivity contribution >= 4 is 34.0 Å². The zero-order valence-corrected chi connectivity index (χ0v) is 11.7. The molecule has 2 rings (SSSR count). The van der Waals surface area contributed by atoms with Gasteiger partial charge in [0.05, 0.1) is 11.4 Å². The second-order valence-electron chi connectivity index (χ2n) is 4.22. The van der Waals surface area contributed by atoms with E-state index in [1.54, 1.807) is 18.4 Å². The average molecular weight is 291 g/mol. The Morgan fingerprint density at radius 2 is 1.90 bits per heavy atom. The highest BCUT2D eigenvalue weighted by Crippen LogP contribution is 2.23. The summed E-state index contributed by atoms with van der Waals surface area (Å²) in [5, 5.41) is 16.5. The molecule has 1 aromatic carbocycles. The predicted octanol–water partition coefficient (Wildman–Crippen LogP) is 2.04.